The number of nitrogens with two attached hydrogens (primary N) is 1. The predicted octanol–water partition coefficient (Wildman–Crippen LogP) is 0.992. The van der Waals surface area contributed by atoms with Crippen molar-refractivity contribution in [3.8, 4) is 5.75 Å². The van der Waals surface area contributed by atoms with Crippen LogP contribution in [0.4, 0.5) is 4.39 Å². The normalized spacial score (nSPS) is 11.4. The third-order valence-electron chi connectivity index (χ3n) is 1.91. The number of rotatable bonds is 5. The summed E-state index contributed by atoms with van der Waals surface area (Å²) in [6.45, 7) is 1.68. The van der Waals surface area contributed by atoms with Gasteiger partial charge in [0.05, 0.1) is 12.4 Å². The maximum atomic E-state index is 13.4. The molecule has 16 heavy (non-hydrogen) atoms. The van der Waals surface area contributed by atoms with Crippen LogP contribution in [-0.2, 0) is 10.0 Å². The quantitative estimate of drug-likeness (QED) is 0.788. The van der Waals surface area contributed by atoms with Gasteiger partial charge in [-0.2, -0.15) is 0 Å². The van der Waals surface area contributed by atoms with Crippen LogP contribution in [0.1, 0.15) is 12.0 Å². The summed E-state index contributed by atoms with van der Waals surface area (Å²) in [5, 5.41) is 4.81. The van der Waals surface area contributed by atoms with E-state index in [1.165, 1.54) is 6.07 Å². The van der Waals surface area contributed by atoms with Gasteiger partial charge in [0.2, 0.25) is 10.0 Å². The highest BCUT2D eigenvalue weighted by Gasteiger charge is 2.07. The fraction of sp³-hybridized carbons (Fsp3) is 0.400. The molecule has 0 spiro atoms. The van der Waals surface area contributed by atoms with Crippen molar-refractivity contribution < 1.29 is 17.5 Å². The number of benzene rings is 1. The second-order valence-corrected chi connectivity index (χ2v) is 5.08. The zero-order valence-electron chi connectivity index (χ0n) is 8.86. The fourth-order valence-electron chi connectivity index (χ4n) is 1.12. The van der Waals surface area contributed by atoms with Gasteiger partial charge in [-0.3, -0.25) is 0 Å². The van der Waals surface area contributed by atoms with Crippen LogP contribution in [0, 0.1) is 18.8 Å². The van der Waals surface area contributed by atoms with E-state index < -0.39 is 15.8 Å². The molecular formula is C10H13FNO3S. The highest BCUT2D eigenvalue weighted by molar-refractivity contribution is 7.89. The molecule has 1 aromatic rings. The highest BCUT2D eigenvalue weighted by atomic mass is 32.2. The lowest BCUT2D eigenvalue weighted by Crippen LogP contribution is -2.18. The number of ether oxygens (including phenoxy) is 1. The molecule has 0 fully saturated rings. The monoisotopic (exact) mass is 246 g/mol. The first-order valence-electron chi connectivity index (χ1n) is 4.70. The molecule has 0 heterocycles. The lowest BCUT2D eigenvalue weighted by Gasteiger charge is -2.07. The topological polar surface area (TPSA) is 69.4 Å². The van der Waals surface area contributed by atoms with E-state index in [4.69, 9.17) is 9.88 Å². The lowest BCUT2D eigenvalue weighted by molar-refractivity contribution is 0.301. The van der Waals surface area contributed by atoms with Crippen molar-refractivity contribution in [2.75, 3.05) is 12.4 Å². The summed E-state index contributed by atoms with van der Waals surface area (Å²) in [5.74, 6) is -0.546. The first-order chi connectivity index (χ1) is 7.40. The molecule has 0 amide bonds. The van der Waals surface area contributed by atoms with Crippen molar-refractivity contribution in [3.63, 3.8) is 0 Å². The Bertz CT molecular complexity index is 459. The summed E-state index contributed by atoms with van der Waals surface area (Å²) >= 11 is 0. The summed E-state index contributed by atoms with van der Waals surface area (Å²) in [5.41, 5.74) is 0.365. The molecule has 0 saturated carbocycles. The van der Waals surface area contributed by atoms with Crippen LogP contribution in [0.2, 0.25) is 0 Å². The standard InChI is InChI=1S/C10H13FNO3S/c1-8-4-2-5-9(10(8)11)15-6-3-7-16(12,13)14/h2,5H,3,6-7H2,1H3,(H2,12,13,14). The highest BCUT2D eigenvalue weighted by Crippen LogP contribution is 2.19. The number of sulfonamides is 1. The first kappa shape index (κ1) is 12.9. The molecule has 2 N–H and O–H groups in total. The molecule has 0 bridgehead atoms. The van der Waals surface area contributed by atoms with Gasteiger partial charge >= 0.3 is 0 Å². The van der Waals surface area contributed by atoms with E-state index in [0.29, 0.717) is 5.56 Å². The van der Waals surface area contributed by atoms with Gasteiger partial charge in [0.25, 0.3) is 0 Å². The van der Waals surface area contributed by atoms with E-state index in [9.17, 15) is 12.8 Å². The molecule has 0 unspecified atom stereocenters. The molecule has 1 rings (SSSR count). The van der Waals surface area contributed by atoms with Crippen molar-refractivity contribution in [1.29, 1.82) is 0 Å². The van der Waals surface area contributed by atoms with E-state index in [2.05, 4.69) is 6.07 Å². The maximum Gasteiger partial charge on any atom is 0.209 e. The summed E-state index contributed by atoms with van der Waals surface area (Å²) in [6.07, 6.45) is 0.232. The molecule has 89 valence electrons. The molecule has 4 nitrogen and oxygen atoms in total. The molecule has 0 aliphatic carbocycles. The summed E-state index contributed by atoms with van der Waals surface area (Å²) < 4.78 is 39.7. The van der Waals surface area contributed by atoms with Gasteiger partial charge in [0.1, 0.15) is 0 Å². The molecule has 0 aromatic heterocycles. The van der Waals surface area contributed by atoms with Crippen LogP contribution in [0.5, 0.6) is 5.75 Å². The second-order valence-electron chi connectivity index (χ2n) is 3.35. The lowest BCUT2D eigenvalue weighted by atomic mass is 10.2. The van der Waals surface area contributed by atoms with Crippen LogP contribution in [-0.4, -0.2) is 20.8 Å². The van der Waals surface area contributed by atoms with Crippen LogP contribution in [0.25, 0.3) is 0 Å². The Morgan fingerprint density at radius 1 is 1.56 bits per heavy atom. The minimum absolute atomic E-state index is 0.102. The van der Waals surface area contributed by atoms with Crippen LogP contribution in [0.3, 0.4) is 0 Å². The Hall–Kier alpha value is -1.14. The summed E-state index contributed by atoms with van der Waals surface area (Å²) in [4.78, 5) is 0. The average Bonchev–Trinajstić information content (AvgIpc) is 2.17. The molecular weight excluding hydrogens is 233 g/mol. The van der Waals surface area contributed by atoms with Crippen LogP contribution >= 0.6 is 0 Å². The molecule has 1 radical (unpaired) electrons. The van der Waals surface area contributed by atoms with Gasteiger partial charge < -0.3 is 4.74 Å². The Labute approximate surface area is 94.3 Å². The molecule has 0 saturated heterocycles. The Balaban J connectivity index is 2.47. The van der Waals surface area contributed by atoms with E-state index >= 15 is 0 Å². The smallest absolute Gasteiger partial charge is 0.209 e. The van der Waals surface area contributed by atoms with Gasteiger partial charge in [-0.15, -0.1) is 0 Å². The second kappa shape index (κ2) is 5.27. The number of halogens is 1. The molecule has 0 aliphatic heterocycles. The van der Waals surface area contributed by atoms with Crippen molar-refractivity contribution in [1.82, 2.24) is 0 Å². The van der Waals surface area contributed by atoms with Gasteiger partial charge in [0, 0.05) is 0 Å². The molecule has 0 aliphatic rings. The van der Waals surface area contributed by atoms with E-state index in [1.54, 1.807) is 13.0 Å². The summed E-state index contributed by atoms with van der Waals surface area (Å²) in [6, 6.07) is 5.68. The zero-order valence-corrected chi connectivity index (χ0v) is 9.68. The Kier molecular flexibility index (Phi) is 4.26. The average molecular weight is 246 g/mol. The van der Waals surface area contributed by atoms with Gasteiger partial charge in [-0.1, -0.05) is 6.07 Å². The third kappa shape index (κ3) is 4.16. The third-order valence-corrected chi connectivity index (χ3v) is 2.77. The Morgan fingerprint density at radius 3 is 2.88 bits per heavy atom. The van der Waals surface area contributed by atoms with E-state index in [1.807, 2.05) is 0 Å². The SMILES string of the molecule is Cc1[c]ccc(OCCCS(N)(=O)=O)c1F. The predicted molar refractivity (Wildman–Crippen MR) is 58.1 cm³/mol. The minimum Gasteiger partial charge on any atom is -0.490 e. The molecule has 1 aromatic carbocycles. The maximum absolute atomic E-state index is 13.4. The number of hydrogen-bond donors (Lipinski definition) is 1. The van der Waals surface area contributed by atoms with Gasteiger partial charge in [0.15, 0.2) is 11.6 Å². The van der Waals surface area contributed by atoms with Crippen LogP contribution < -0.4 is 9.88 Å². The zero-order chi connectivity index (χ0) is 12.2. The first-order valence-corrected chi connectivity index (χ1v) is 6.42. The van der Waals surface area contributed by atoms with Crippen LogP contribution in [0.15, 0.2) is 12.1 Å². The van der Waals surface area contributed by atoms with Crippen molar-refractivity contribution in [3.05, 3.63) is 29.6 Å². The van der Waals surface area contributed by atoms with E-state index in [0.717, 1.165) is 0 Å². The number of aryl methyl sites for hydroxylation is 1. The van der Waals surface area contributed by atoms with Gasteiger partial charge in [-0.25, -0.2) is 17.9 Å². The molecule has 6 heteroatoms. The fourth-order valence-corrected chi connectivity index (χ4v) is 1.64. The van der Waals surface area contributed by atoms with Crippen molar-refractivity contribution in [2.24, 2.45) is 5.14 Å². The van der Waals surface area contributed by atoms with Gasteiger partial charge in [-0.05, 0) is 31.0 Å². The minimum atomic E-state index is -3.48. The van der Waals surface area contributed by atoms with E-state index in [-0.39, 0.29) is 24.5 Å². The molecule has 0 atom stereocenters. The number of hydrogen-bond acceptors (Lipinski definition) is 3. The Morgan fingerprint density at radius 2 is 2.25 bits per heavy atom. The van der Waals surface area contributed by atoms with Crippen molar-refractivity contribution in [2.45, 2.75) is 13.3 Å². The van der Waals surface area contributed by atoms with Crippen molar-refractivity contribution >= 4 is 10.0 Å². The summed E-state index contributed by atoms with van der Waals surface area (Å²) in [7, 11) is -3.48. The number of primary sulfonamides is 1. The largest absolute Gasteiger partial charge is 0.490 e.